The maximum Gasteiger partial charge on any atom is 0.144 e. The van der Waals surface area contributed by atoms with E-state index in [0.29, 0.717) is 5.84 Å². The molecule has 0 aromatic carbocycles. The van der Waals surface area contributed by atoms with Crippen LogP contribution in [-0.2, 0) is 4.74 Å². The Morgan fingerprint density at radius 1 is 1.41 bits per heavy atom. The number of nitrogens with two attached hydrogens (primary N) is 1. The zero-order chi connectivity index (χ0) is 13.3. The van der Waals surface area contributed by atoms with E-state index in [1.807, 2.05) is 13.8 Å². The molecule has 0 radical (unpaired) electrons. The largest absolute Gasteiger partial charge is 0.409 e. The van der Waals surface area contributed by atoms with E-state index in [4.69, 9.17) is 15.7 Å². The van der Waals surface area contributed by atoms with Crippen LogP contribution in [0.2, 0.25) is 0 Å². The molecule has 0 saturated heterocycles. The number of hydrogen-bond donors (Lipinski definition) is 2. The Labute approximate surface area is 105 Å². The fraction of sp³-hybridized carbons (Fsp3) is 0.917. The van der Waals surface area contributed by atoms with Crippen molar-refractivity contribution in [3.8, 4) is 0 Å². The summed E-state index contributed by atoms with van der Waals surface area (Å²) in [6, 6.07) is 0. The quantitative estimate of drug-likeness (QED) is 0.279. The highest BCUT2D eigenvalue weighted by Gasteiger charge is 2.23. The Hall–Kier alpha value is -0.810. The highest BCUT2D eigenvalue weighted by Crippen LogP contribution is 2.22. The molecule has 0 fully saturated rings. The van der Waals surface area contributed by atoms with Gasteiger partial charge in [-0.1, -0.05) is 25.9 Å². The van der Waals surface area contributed by atoms with E-state index >= 15 is 0 Å². The second-order valence-electron chi connectivity index (χ2n) is 4.90. The third kappa shape index (κ3) is 6.48. The summed E-state index contributed by atoms with van der Waals surface area (Å²) in [5.74, 6) is 0.303. The van der Waals surface area contributed by atoms with Crippen molar-refractivity contribution in [2.75, 3.05) is 33.4 Å². The summed E-state index contributed by atoms with van der Waals surface area (Å²) in [4.78, 5) is 2.34. The number of hydrogen-bond acceptors (Lipinski definition) is 4. The van der Waals surface area contributed by atoms with Crippen LogP contribution in [0.15, 0.2) is 5.16 Å². The van der Waals surface area contributed by atoms with Crippen molar-refractivity contribution >= 4 is 5.84 Å². The molecule has 5 nitrogen and oxygen atoms in total. The van der Waals surface area contributed by atoms with Gasteiger partial charge in [-0.2, -0.15) is 0 Å². The van der Waals surface area contributed by atoms with Crippen molar-refractivity contribution in [3.05, 3.63) is 0 Å². The van der Waals surface area contributed by atoms with Gasteiger partial charge < -0.3 is 20.6 Å². The molecule has 0 heterocycles. The summed E-state index contributed by atoms with van der Waals surface area (Å²) < 4.78 is 5.06. The van der Waals surface area contributed by atoms with E-state index < -0.39 is 0 Å². The number of amidine groups is 1. The molecule has 0 aromatic heterocycles. The van der Waals surface area contributed by atoms with Crippen molar-refractivity contribution < 1.29 is 9.94 Å². The molecule has 17 heavy (non-hydrogen) atoms. The predicted molar refractivity (Wildman–Crippen MR) is 70.4 cm³/mol. The maximum absolute atomic E-state index is 8.68. The Kier molecular flexibility index (Phi) is 7.91. The van der Waals surface area contributed by atoms with Gasteiger partial charge in [0.1, 0.15) is 5.84 Å². The fourth-order valence-electron chi connectivity index (χ4n) is 1.66. The van der Waals surface area contributed by atoms with Crippen LogP contribution in [0.5, 0.6) is 0 Å². The zero-order valence-electron chi connectivity index (χ0n) is 11.6. The molecule has 102 valence electrons. The van der Waals surface area contributed by atoms with Gasteiger partial charge in [0.15, 0.2) is 0 Å². The minimum atomic E-state index is -0.241. The number of oxime groups is 1. The molecular weight excluding hydrogens is 218 g/mol. The van der Waals surface area contributed by atoms with Gasteiger partial charge >= 0.3 is 0 Å². The molecule has 0 bridgehead atoms. The van der Waals surface area contributed by atoms with Gasteiger partial charge in [-0.05, 0) is 25.9 Å². The van der Waals surface area contributed by atoms with Crippen LogP contribution in [0.4, 0.5) is 0 Å². The lowest BCUT2D eigenvalue weighted by atomic mass is 9.86. The molecule has 0 aliphatic heterocycles. The van der Waals surface area contributed by atoms with Crippen LogP contribution in [0.3, 0.4) is 0 Å². The first-order chi connectivity index (χ1) is 7.97. The standard InChI is InChI=1S/C12H27N3O2/c1-5-15(9-10-17-4)8-6-7-12(2,3)11(13)14-16/h16H,5-10H2,1-4H3,(H2,13,14). The van der Waals surface area contributed by atoms with Crippen molar-refractivity contribution in [1.82, 2.24) is 4.90 Å². The average Bonchev–Trinajstić information content (AvgIpc) is 2.32. The number of ether oxygens (including phenoxy) is 1. The first-order valence-electron chi connectivity index (χ1n) is 6.17. The third-order valence-corrected chi connectivity index (χ3v) is 3.14. The van der Waals surface area contributed by atoms with Crippen LogP contribution in [0.1, 0.15) is 33.6 Å². The van der Waals surface area contributed by atoms with E-state index in [9.17, 15) is 0 Å². The van der Waals surface area contributed by atoms with Crippen LogP contribution in [0.25, 0.3) is 0 Å². The van der Waals surface area contributed by atoms with Gasteiger partial charge in [-0.3, -0.25) is 0 Å². The molecule has 3 N–H and O–H groups in total. The van der Waals surface area contributed by atoms with Gasteiger partial charge in [0.05, 0.1) is 6.61 Å². The molecule has 0 saturated carbocycles. The predicted octanol–water partition coefficient (Wildman–Crippen LogP) is 1.51. The van der Waals surface area contributed by atoms with Gasteiger partial charge in [0, 0.05) is 19.1 Å². The Bertz CT molecular complexity index is 230. The summed E-state index contributed by atoms with van der Waals surface area (Å²) in [7, 11) is 1.72. The summed E-state index contributed by atoms with van der Waals surface area (Å²) in [6.45, 7) is 9.88. The fourth-order valence-corrected chi connectivity index (χ4v) is 1.66. The first-order valence-corrected chi connectivity index (χ1v) is 6.17. The molecule has 0 unspecified atom stereocenters. The van der Waals surface area contributed by atoms with Crippen molar-refractivity contribution in [2.24, 2.45) is 16.3 Å². The highest BCUT2D eigenvalue weighted by molar-refractivity contribution is 5.85. The molecule has 0 rings (SSSR count). The SMILES string of the molecule is CCN(CCCC(C)(C)C(N)=NO)CCOC. The molecule has 0 atom stereocenters. The van der Waals surface area contributed by atoms with Crippen LogP contribution >= 0.6 is 0 Å². The minimum Gasteiger partial charge on any atom is -0.409 e. The average molecular weight is 245 g/mol. The van der Waals surface area contributed by atoms with Gasteiger partial charge in [-0.25, -0.2) is 0 Å². The van der Waals surface area contributed by atoms with Gasteiger partial charge in [-0.15, -0.1) is 0 Å². The smallest absolute Gasteiger partial charge is 0.144 e. The lowest BCUT2D eigenvalue weighted by molar-refractivity contribution is 0.148. The Morgan fingerprint density at radius 3 is 2.53 bits per heavy atom. The third-order valence-electron chi connectivity index (χ3n) is 3.14. The maximum atomic E-state index is 8.68. The second kappa shape index (κ2) is 8.31. The van der Waals surface area contributed by atoms with Crippen LogP contribution < -0.4 is 5.73 Å². The normalized spacial score (nSPS) is 13.4. The first kappa shape index (κ1) is 16.2. The molecule has 0 spiro atoms. The van der Waals surface area contributed by atoms with Crippen molar-refractivity contribution in [1.29, 1.82) is 0 Å². The topological polar surface area (TPSA) is 71.1 Å². The zero-order valence-corrected chi connectivity index (χ0v) is 11.6. The Balaban J connectivity index is 3.95. The molecule has 0 aliphatic rings. The summed E-state index contributed by atoms with van der Waals surface area (Å²) in [6.07, 6.45) is 1.94. The lowest BCUT2D eigenvalue weighted by Crippen LogP contribution is -2.34. The molecule has 0 aromatic rings. The number of rotatable bonds is 9. The van der Waals surface area contributed by atoms with Gasteiger partial charge in [0.2, 0.25) is 0 Å². The lowest BCUT2D eigenvalue weighted by Gasteiger charge is -2.25. The second-order valence-corrected chi connectivity index (χ2v) is 4.90. The summed E-state index contributed by atoms with van der Waals surface area (Å²) in [5, 5.41) is 11.8. The van der Waals surface area contributed by atoms with E-state index in [2.05, 4.69) is 17.0 Å². The van der Waals surface area contributed by atoms with E-state index in [1.165, 1.54) is 0 Å². The number of nitrogens with zero attached hydrogens (tertiary/aromatic N) is 2. The molecular formula is C12H27N3O2. The molecule has 0 amide bonds. The van der Waals surface area contributed by atoms with E-state index in [-0.39, 0.29) is 5.41 Å². The Morgan fingerprint density at radius 2 is 2.06 bits per heavy atom. The van der Waals surface area contributed by atoms with Crippen LogP contribution in [0, 0.1) is 5.41 Å². The summed E-state index contributed by atoms with van der Waals surface area (Å²) in [5.41, 5.74) is 5.41. The number of likely N-dealkylation sites (N-methyl/N-ethyl adjacent to an activating group) is 1. The van der Waals surface area contributed by atoms with E-state index in [1.54, 1.807) is 7.11 Å². The van der Waals surface area contributed by atoms with Gasteiger partial charge in [0.25, 0.3) is 0 Å². The minimum absolute atomic E-state index is 0.241. The molecule has 5 heteroatoms. The van der Waals surface area contributed by atoms with Crippen molar-refractivity contribution in [2.45, 2.75) is 33.6 Å². The molecule has 0 aliphatic carbocycles. The monoisotopic (exact) mass is 245 g/mol. The summed E-state index contributed by atoms with van der Waals surface area (Å²) >= 11 is 0. The van der Waals surface area contributed by atoms with E-state index in [0.717, 1.165) is 39.1 Å². The highest BCUT2D eigenvalue weighted by atomic mass is 16.5. The van der Waals surface area contributed by atoms with Crippen molar-refractivity contribution in [3.63, 3.8) is 0 Å². The van der Waals surface area contributed by atoms with Crippen LogP contribution in [-0.4, -0.2) is 49.3 Å². The number of methoxy groups -OCH3 is 1.